The van der Waals surface area contributed by atoms with Crippen molar-refractivity contribution in [2.45, 2.75) is 6.54 Å². The number of hydrogen-bond acceptors (Lipinski definition) is 1. The number of aromatic nitrogens is 1. The second kappa shape index (κ2) is 2.88. The Morgan fingerprint density at radius 1 is 1.50 bits per heavy atom. The average Bonchev–Trinajstić information content (AvgIpc) is 2.13. The molecule has 10 heavy (non-hydrogen) atoms. The third-order valence-corrected chi connectivity index (χ3v) is 1.39. The summed E-state index contributed by atoms with van der Waals surface area (Å²) in [7, 11) is 6.19. The zero-order valence-electron chi connectivity index (χ0n) is 6.83. The van der Waals surface area contributed by atoms with Crippen molar-refractivity contribution in [1.29, 1.82) is 0 Å². The van der Waals surface area contributed by atoms with Gasteiger partial charge in [0.1, 0.15) is 0 Å². The Morgan fingerprint density at radius 2 is 2.20 bits per heavy atom. The standard InChI is InChI=1S/C8H14N2/c1-9(2)6-8-4-5-10(3)7-8/h4-5,7H,6H2,1-3H3. The van der Waals surface area contributed by atoms with Gasteiger partial charge in [-0.3, -0.25) is 0 Å². The van der Waals surface area contributed by atoms with Crippen molar-refractivity contribution in [2.75, 3.05) is 14.1 Å². The van der Waals surface area contributed by atoms with E-state index in [2.05, 4.69) is 42.0 Å². The number of aryl methyl sites for hydroxylation is 1. The van der Waals surface area contributed by atoms with E-state index in [1.165, 1.54) is 5.56 Å². The van der Waals surface area contributed by atoms with Gasteiger partial charge in [-0.05, 0) is 25.7 Å². The third kappa shape index (κ3) is 1.88. The van der Waals surface area contributed by atoms with Crippen LogP contribution in [0.4, 0.5) is 0 Å². The van der Waals surface area contributed by atoms with Crippen molar-refractivity contribution in [3.05, 3.63) is 24.0 Å². The highest BCUT2D eigenvalue weighted by molar-refractivity contribution is 5.09. The van der Waals surface area contributed by atoms with Crippen LogP contribution in [0.1, 0.15) is 5.56 Å². The molecule has 0 saturated carbocycles. The van der Waals surface area contributed by atoms with E-state index in [-0.39, 0.29) is 0 Å². The molecule has 0 spiro atoms. The van der Waals surface area contributed by atoms with Crippen molar-refractivity contribution >= 4 is 0 Å². The Hall–Kier alpha value is -0.760. The molecule has 0 radical (unpaired) electrons. The molecule has 0 aliphatic heterocycles. The molecule has 1 heterocycles. The predicted molar refractivity (Wildman–Crippen MR) is 42.8 cm³/mol. The van der Waals surface area contributed by atoms with E-state index in [0.29, 0.717) is 0 Å². The summed E-state index contributed by atoms with van der Waals surface area (Å²) in [5.41, 5.74) is 1.37. The molecule has 0 N–H and O–H groups in total. The second-order valence-corrected chi connectivity index (χ2v) is 2.92. The lowest BCUT2D eigenvalue weighted by Gasteiger charge is -2.06. The molecule has 56 valence electrons. The molecule has 1 aromatic heterocycles. The highest BCUT2D eigenvalue weighted by Crippen LogP contribution is 2.00. The number of nitrogens with zero attached hydrogens (tertiary/aromatic N) is 2. The van der Waals surface area contributed by atoms with Gasteiger partial charge >= 0.3 is 0 Å². The molecule has 0 saturated heterocycles. The fourth-order valence-corrected chi connectivity index (χ4v) is 1.02. The van der Waals surface area contributed by atoms with Crippen molar-refractivity contribution < 1.29 is 0 Å². The third-order valence-electron chi connectivity index (χ3n) is 1.39. The first-order valence-corrected chi connectivity index (χ1v) is 3.44. The Kier molecular flexibility index (Phi) is 2.12. The Morgan fingerprint density at radius 3 is 2.60 bits per heavy atom. The van der Waals surface area contributed by atoms with E-state index in [1.54, 1.807) is 0 Å². The molecule has 0 aliphatic rings. The van der Waals surface area contributed by atoms with Crippen molar-refractivity contribution in [3.8, 4) is 0 Å². The van der Waals surface area contributed by atoms with Gasteiger partial charge in [0.15, 0.2) is 0 Å². The minimum atomic E-state index is 1.03. The maximum Gasteiger partial charge on any atom is 0.0242 e. The average molecular weight is 138 g/mol. The minimum absolute atomic E-state index is 1.03. The van der Waals surface area contributed by atoms with Crippen LogP contribution in [0.15, 0.2) is 18.5 Å². The Bertz CT molecular complexity index is 201. The summed E-state index contributed by atoms with van der Waals surface area (Å²) in [6.45, 7) is 1.03. The van der Waals surface area contributed by atoms with Gasteiger partial charge in [0.2, 0.25) is 0 Å². The van der Waals surface area contributed by atoms with Crippen LogP contribution in [-0.4, -0.2) is 23.6 Å². The monoisotopic (exact) mass is 138 g/mol. The van der Waals surface area contributed by atoms with Crippen LogP contribution >= 0.6 is 0 Å². The summed E-state index contributed by atoms with van der Waals surface area (Å²) in [4.78, 5) is 2.16. The maximum atomic E-state index is 2.16. The van der Waals surface area contributed by atoms with Crippen LogP contribution in [0.2, 0.25) is 0 Å². The molecule has 0 bridgehead atoms. The summed E-state index contributed by atoms with van der Waals surface area (Å²) in [6.07, 6.45) is 4.21. The summed E-state index contributed by atoms with van der Waals surface area (Å²) < 4.78 is 2.07. The van der Waals surface area contributed by atoms with E-state index >= 15 is 0 Å². The van der Waals surface area contributed by atoms with E-state index in [0.717, 1.165) is 6.54 Å². The van der Waals surface area contributed by atoms with Gasteiger partial charge in [0.25, 0.3) is 0 Å². The van der Waals surface area contributed by atoms with Crippen molar-refractivity contribution in [3.63, 3.8) is 0 Å². The SMILES string of the molecule is CN(C)Cc1ccn(C)c1. The first-order valence-electron chi connectivity index (χ1n) is 3.44. The van der Waals surface area contributed by atoms with Gasteiger partial charge in [-0.2, -0.15) is 0 Å². The van der Waals surface area contributed by atoms with Gasteiger partial charge < -0.3 is 9.47 Å². The van der Waals surface area contributed by atoms with Gasteiger partial charge in [0.05, 0.1) is 0 Å². The van der Waals surface area contributed by atoms with Gasteiger partial charge in [-0.1, -0.05) is 0 Å². The molecule has 2 heteroatoms. The number of rotatable bonds is 2. The van der Waals surface area contributed by atoms with Crippen LogP contribution in [0.25, 0.3) is 0 Å². The van der Waals surface area contributed by atoms with Crippen LogP contribution in [0.5, 0.6) is 0 Å². The fourth-order valence-electron chi connectivity index (χ4n) is 1.02. The molecule has 0 unspecified atom stereocenters. The van der Waals surface area contributed by atoms with Crippen molar-refractivity contribution in [1.82, 2.24) is 9.47 Å². The summed E-state index contributed by atoms with van der Waals surface area (Å²) in [6, 6.07) is 2.14. The summed E-state index contributed by atoms with van der Waals surface area (Å²) >= 11 is 0. The van der Waals surface area contributed by atoms with E-state index in [4.69, 9.17) is 0 Å². The largest absolute Gasteiger partial charge is 0.357 e. The van der Waals surface area contributed by atoms with Crippen LogP contribution in [0.3, 0.4) is 0 Å². The quantitative estimate of drug-likeness (QED) is 0.594. The molecule has 0 aliphatic carbocycles. The molecule has 1 rings (SSSR count). The van der Waals surface area contributed by atoms with E-state index in [9.17, 15) is 0 Å². The molecule has 0 atom stereocenters. The van der Waals surface area contributed by atoms with Crippen molar-refractivity contribution in [2.24, 2.45) is 7.05 Å². The van der Waals surface area contributed by atoms with Gasteiger partial charge in [-0.25, -0.2) is 0 Å². The molecular weight excluding hydrogens is 124 g/mol. The maximum absolute atomic E-state index is 2.16. The Labute approximate surface area is 62.1 Å². The fraction of sp³-hybridized carbons (Fsp3) is 0.500. The van der Waals surface area contributed by atoms with E-state index in [1.807, 2.05) is 7.05 Å². The summed E-state index contributed by atoms with van der Waals surface area (Å²) in [5.74, 6) is 0. The van der Waals surface area contributed by atoms with Gasteiger partial charge in [-0.15, -0.1) is 0 Å². The lowest BCUT2D eigenvalue weighted by atomic mass is 10.3. The van der Waals surface area contributed by atoms with E-state index < -0.39 is 0 Å². The first kappa shape index (κ1) is 7.35. The van der Waals surface area contributed by atoms with Crippen LogP contribution in [-0.2, 0) is 13.6 Å². The smallest absolute Gasteiger partial charge is 0.0242 e. The zero-order chi connectivity index (χ0) is 7.56. The number of hydrogen-bond donors (Lipinski definition) is 0. The molecular formula is C8H14N2. The Balaban J connectivity index is 2.58. The topological polar surface area (TPSA) is 8.17 Å². The molecule has 0 aromatic carbocycles. The normalized spacial score (nSPS) is 10.8. The van der Waals surface area contributed by atoms with Crippen LogP contribution in [0, 0.1) is 0 Å². The highest BCUT2D eigenvalue weighted by atomic mass is 15.1. The summed E-state index contributed by atoms with van der Waals surface area (Å²) in [5, 5.41) is 0. The molecule has 0 fully saturated rings. The first-order chi connectivity index (χ1) is 4.68. The molecule has 1 aromatic rings. The lowest BCUT2D eigenvalue weighted by Crippen LogP contribution is -2.09. The van der Waals surface area contributed by atoms with Crippen LogP contribution < -0.4 is 0 Å². The van der Waals surface area contributed by atoms with Gasteiger partial charge in [0, 0.05) is 26.0 Å². The lowest BCUT2D eigenvalue weighted by molar-refractivity contribution is 0.402. The second-order valence-electron chi connectivity index (χ2n) is 2.92. The minimum Gasteiger partial charge on any atom is -0.357 e. The zero-order valence-corrected chi connectivity index (χ0v) is 6.83. The molecule has 2 nitrogen and oxygen atoms in total. The molecule has 0 amide bonds. The highest BCUT2D eigenvalue weighted by Gasteiger charge is 1.94. The predicted octanol–water partition coefficient (Wildman–Crippen LogP) is 1.09.